The minimum absolute atomic E-state index is 0.124. The van der Waals surface area contributed by atoms with E-state index in [1.807, 2.05) is 0 Å². The lowest BCUT2D eigenvalue weighted by Gasteiger charge is -2.38. The Morgan fingerprint density at radius 3 is 2.59 bits per heavy atom. The molecule has 8 heteroatoms. The molecular weight excluding hydrogens is 306 g/mol. The van der Waals surface area contributed by atoms with Gasteiger partial charge in [0.15, 0.2) is 5.13 Å². The van der Waals surface area contributed by atoms with E-state index >= 15 is 0 Å². The molecule has 0 bridgehead atoms. The molecule has 2 amide bonds. The lowest BCUT2D eigenvalue weighted by Crippen LogP contribution is -2.53. The lowest BCUT2D eigenvalue weighted by atomic mass is 9.67. The number of nitrogens with zero attached hydrogens (tertiary/aromatic N) is 1. The smallest absolute Gasteiger partial charge is 0.308 e. The van der Waals surface area contributed by atoms with Crippen LogP contribution >= 0.6 is 11.3 Å². The number of rotatable bonds is 6. The molecule has 1 aromatic rings. The molecule has 2 aliphatic rings. The van der Waals surface area contributed by atoms with Crippen molar-refractivity contribution in [2.75, 3.05) is 5.32 Å². The van der Waals surface area contributed by atoms with Gasteiger partial charge in [0.1, 0.15) is 5.41 Å². The van der Waals surface area contributed by atoms with Gasteiger partial charge in [0, 0.05) is 17.1 Å². The molecule has 0 atom stereocenters. The number of aromatic nitrogens is 1. The van der Waals surface area contributed by atoms with Gasteiger partial charge < -0.3 is 15.7 Å². The lowest BCUT2D eigenvalue weighted by molar-refractivity contribution is -0.146. The quantitative estimate of drug-likeness (QED) is 0.681. The van der Waals surface area contributed by atoms with Crippen LogP contribution in [0.2, 0.25) is 0 Å². The van der Waals surface area contributed by atoms with E-state index < -0.39 is 11.4 Å². The number of amides is 2. The Morgan fingerprint density at radius 1 is 1.32 bits per heavy atom. The first-order valence-corrected chi connectivity index (χ1v) is 8.10. The first-order valence-electron chi connectivity index (χ1n) is 7.28. The summed E-state index contributed by atoms with van der Waals surface area (Å²) in [5.74, 6) is -1.48. The third kappa shape index (κ3) is 2.96. The average molecular weight is 323 g/mol. The van der Waals surface area contributed by atoms with Crippen LogP contribution in [0, 0.1) is 5.41 Å². The van der Waals surface area contributed by atoms with E-state index in [0.717, 1.165) is 30.6 Å². The fourth-order valence-corrected chi connectivity index (χ4v) is 3.25. The van der Waals surface area contributed by atoms with Crippen molar-refractivity contribution in [3.63, 3.8) is 0 Å². The van der Waals surface area contributed by atoms with E-state index in [4.69, 9.17) is 5.11 Å². The van der Waals surface area contributed by atoms with Gasteiger partial charge in [-0.05, 0) is 25.7 Å². The van der Waals surface area contributed by atoms with Crippen molar-refractivity contribution < 1.29 is 19.5 Å². The molecule has 3 N–H and O–H groups in total. The van der Waals surface area contributed by atoms with E-state index in [-0.39, 0.29) is 24.3 Å². The van der Waals surface area contributed by atoms with Crippen LogP contribution in [0.5, 0.6) is 0 Å². The molecule has 2 saturated carbocycles. The molecule has 0 spiro atoms. The third-order valence-corrected chi connectivity index (χ3v) is 5.00. The summed E-state index contributed by atoms with van der Waals surface area (Å²) < 4.78 is 0. The van der Waals surface area contributed by atoms with Gasteiger partial charge in [-0.15, -0.1) is 11.3 Å². The van der Waals surface area contributed by atoms with Gasteiger partial charge in [-0.2, -0.15) is 0 Å². The number of hydrogen-bond acceptors (Lipinski definition) is 5. The molecule has 0 radical (unpaired) electrons. The zero-order valence-corrected chi connectivity index (χ0v) is 12.7. The first-order chi connectivity index (χ1) is 10.5. The van der Waals surface area contributed by atoms with Crippen LogP contribution in [0.15, 0.2) is 6.20 Å². The summed E-state index contributed by atoms with van der Waals surface area (Å²) in [6.07, 6.45) is 5.22. The summed E-state index contributed by atoms with van der Waals surface area (Å²) in [6.45, 7) is 0. The van der Waals surface area contributed by atoms with Crippen molar-refractivity contribution in [2.24, 2.45) is 5.41 Å². The van der Waals surface area contributed by atoms with Crippen LogP contribution in [-0.4, -0.2) is 33.9 Å². The highest BCUT2D eigenvalue weighted by molar-refractivity contribution is 7.15. The summed E-state index contributed by atoms with van der Waals surface area (Å²) in [6, 6.07) is 0.222. The molecule has 2 aliphatic carbocycles. The van der Waals surface area contributed by atoms with E-state index in [0.29, 0.717) is 22.9 Å². The van der Waals surface area contributed by atoms with Gasteiger partial charge in [-0.25, -0.2) is 4.98 Å². The van der Waals surface area contributed by atoms with Crippen LogP contribution in [0.1, 0.15) is 37.0 Å². The Morgan fingerprint density at radius 2 is 2.05 bits per heavy atom. The maximum atomic E-state index is 12.5. The molecule has 3 rings (SSSR count). The van der Waals surface area contributed by atoms with Crippen molar-refractivity contribution in [3.8, 4) is 0 Å². The van der Waals surface area contributed by atoms with E-state index in [2.05, 4.69) is 15.6 Å². The van der Waals surface area contributed by atoms with E-state index in [1.165, 1.54) is 6.20 Å². The molecule has 118 valence electrons. The second kappa shape index (κ2) is 5.68. The summed E-state index contributed by atoms with van der Waals surface area (Å²) in [5.41, 5.74) is -0.985. The second-order valence-corrected chi connectivity index (χ2v) is 6.95. The molecular formula is C14H17N3O4S. The topological polar surface area (TPSA) is 108 Å². The highest BCUT2D eigenvalue weighted by atomic mass is 32.1. The fraction of sp³-hybridized carbons (Fsp3) is 0.571. The Balaban J connectivity index is 1.65. The standard InChI is InChI=1S/C14H17N3O4S/c18-10(19)6-9-7-15-13(22-9)17-12(21)14(4-1-5-14)11(20)16-8-2-3-8/h7-8H,1-6H2,(H,16,20)(H,18,19)(H,15,17,21). The van der Waals surface area contributed by atoms with Crippen molar-refractivity contribution in [3.05, 3.63) is 11.1 Å². The molecule has 0 unspecified atom stereocenters. The number of carbonyl (C=O) groups excluding carboxylic acids is 2. The van der Waals surface area contributed by atoms with Gasteiger partial charge in [0.2, 0.25) is 11.8 Å². The van der Waals surface area contributed by atoms with Crippen molar-refractivity contribution in [1.82, 2.24) is 10.3 Å². The van der Waals surface area contributed by atoms with Crippen molar-refractivity contribution in [2.45, 2.75) is 44.6 Å². The maximum Gasteiger partial charge on any atom is 0.308 e. The summed E-state index contributed by atoms with van der Waals surface area (Å²) in [5, 5.41) is 14.6. The third-order valence-electron chi connectivity index (χ3n) is 4.09. The van der Waals surface area contributed by atoms with Crippen LogP contribution in [0.4, 0.5) is 5.13 Å². The SMILES string of the molecule is O=C(O)Cc1cnc(NC(=O)C2(C(=O)NC3CC3)CCC2)s1. The zero-order chi connectivity index (χ0) is 15.7. The monoisotopic (exact) mass is 323 g/mol. The van der Waals surface area contributed by atoms with Crippen molar-refractivity contribution in [1.29, 1.82) is 0 Å². The molecule has 0 aliphatic heterocycles. The predicted octanol–water partition coefficient (Wildman–Crippen LogP) is 1.16. The Bertz CT molecular complexity index is 619. The zero-order valence-electron chi connectivity index (χ0n) is 11.9. The second-order valence-electron chi connectivity index (χ2n) is 5.84. The minimum Gasteiger partial charge on any atom is -0.481 e. The van der Waals surface area contributed by atoms with Crippen LogP contribution in [0.25, 0.3) is 0 Å². The van der Waals surface area contributed by atoms with Crippen LogP contribution < -0.4 is 10.6 Å². The molecule has 1 aromatic heterocycles. The number of carbonyl (C=O) groups is 3. The number of aliphatic carboxylic acids is 1. The Hall–Kier alpha value is -1.96. The number of thiazole rings is 1. The highest BCUT2D eigenvalue weighted by Gasteiger charge is 2.51. The number of nitrogens with one attached hydrogen (secondary N) is 2. The highest BCUT2D eigenvalue weighted by Crippen LogP contribution is 2.43. The van der Waals surface area contributed by atoms with Gasteiger partial charge >= 0.3 is 5.97 Å². The van der Waals surface area contributed by atoms with Gasteiger partial charge in [-0.3, -0.25) is 14.4 Å². The predicted molar refractivity (Wildman–Crippen MR) is 79.5 cm³/mol. The molecule has 0 aromatic carbocycles. The van der Waals surface area contributed by atoms with E-state index in [9.17, 15) is 14.4 Å². The summed E-state index contributed by atoms with van der Waals surface area (Å²) >= 11 is 1.12. The average Bonchev–Trinajstić information content (AvgIpc) is 3.08. The molecule has 1 heterocycles. The van der Waals surface area contributed by atoms with Gasteiger partial charge in [0.05, 0.1) is 6.42 Å². The summed E-state index contributed by atoms with van der Waals surface area (Å²) in [4.78, 5) is 40.0. The normalized spacial score (nSPS) is 19.1. The molecule has 22 heavy (non-hydrogen) atoms. The molecule has 0 saturated heterocycles. The minimum atomic E-state index is -0.985. The number of hydrogen-bond donors (Lipinski definition) is 3. The number of anilines is 1. The summed E-state index contributed by atoms with van der Waals surface area (Å²) in [7, 11) is 0. The van der Waals surface area contributed by atoms with Crippen LogP contribution in [-0.2, 0) is 20.8 Å². The van der Waals surface area contributed by atoms with E-state index in [1.54, 1.807) is 0 Å². The molecule has 2 fully saturated rings. The fourth-order valence-electron chi connectivity index (χ4n) is 2.45. The Labute approximate surface area is 131 Å². The number of carboxylic acid groups (broad SMARTS) is 1. The van der Waals surface area contributed by atoms with Crippen molar-refractivity contribution >= 4 is 34.3 Å². The Kier molecular flexibility index (Phi) is 3.86. The molecule has 7 nitrogen and oxygen atoms in total. The van der Waals surface area contributed by atoms with Crippen LogP contribution in [0.3, 0.4) is 0 Å². The maximum absolute atomic E-state index is 12.5. The van der Waals surface area contributed by atoms with Gasteiger partial charge in [-0.1, -0.05) is 6.42 Å². The first kappa shape index (κ1) is 15.0. The largest absolute Gasteiger partial charge is 0.481 e. The number of carboxylic acids is 1. The van der Waals surface area contributed by atoms with Gasteiger partial charge in [0.25, 0.3) is 0 Å².